The van der Waals surface area contributed by atoms with Crippen LogP contribution in [-0.2, 0) is 10.8 Å². The molecule has 4 fully saturated rings. The minimum absolute atomic E-state index is 0.0523. The quantitative estimate of drug-likeness (QED) is 0.167. The molecule has 1 spiro atoms. The smallest absolute Gasteiger partial charge is 0.164 e. The summed E-state index contributed by atoms with van der Waals surface area (Å²) >= 11 is 1.82. The van der Waals surface area contributed by atoms with Gasteiger partial charge in [0, 0.05) is 42.3 Å². The van der Waals surface area contributed by atoms with Crippen LogP contribution in [0.4, 0.5) is 0 Å². The molecule has 0 radical (unpaired) electrons. The maximum absolute atomic E-state index is 5.28. The first-order chi connectivity index (χ1) is 32.6. The van der Waals surface area contributed by atoms with E-state index in [9.17, 15) is 0 Å². The molecule has 4 saturated carbocycles. The molecule has 4 bridgehead atoms. The van der Waals surface area contributed by atoms with Crippen LogP contribution in [0.25, 0.3) is 65.5 Å². The zero-order valence-electron chi connectivity index (χ0n) is 36.6. The Morgan fingerprint density at radius 1 is 0.348 bits per heavy atom. The molecular weight excluding hydrogens is 819 g/mol. The number of benzene rings is 8. The van der Waals surface area contributed by atoms with Gasteiger partial charge in [0.1, 0.15) is 0 Å². The largest absolute Gasteiger partial charge is 0.208 e. The fraction of sp³-hybridized carbons (Fsp3) is 0.177. The first-order valence-corrected chi connectivity index (χ1v) is 24.7. The summed E-state index contributed by atoms with van der Waals surface area (Å²) in [7, 11) is 0. The fourth-order valence-corrected chi connectivity index (χ4v) is 15.0. The van der Waals surface area contributed by atoms with Crippen molar-refractivity contribution in [2.75, 3.05) is 0 Å². The zero-order valence-corrected chi connectivity index (χ0v) is 37.5. The minimum Gasteiger partial charge on any atom is -0.208 e. The van der Waals surface area contributed by atoms with Crippen molar-refractivity contribution in [3.8, 4) is 45.3 Å². The molecule has 0 atom stereocenters. The van der Waals surface area contributed by atoms with E-state index in [1.54, 1.807) is 5.56 Å². The molecule has 2 heterocycles. The first-order valence-electron chi connectivity index (χ1n) is 23.8. The van der Waals surface area contributed by atoms with Crippen LogP contribution in [0.3, 0.4) is 0 Å². The third-order valence-corrected chi connectivity index (χ3v) is 17.4. The van der Waals surface area contributed by atoms with Crippen LogP contribution in [0.2, 0.25) is 0 Å². The fourth-order valence-electron chi connectivity index (χ4n) is 13.9. The highest BCUT2D eigenvalue weighted by molar-refractivity contribution is 7.25. The molecule has 2 aromatic heterocycles. The maximum Gasteiger partial charge on any atom is 0.164 e. The summed E-state index contributed by atoms with van der Waals surface area (Å²) in [6.07, 6.45) is 6.72. The average Bonchev–Trinajstić information content (AvgIpc) is 3.76. The number of nitrogens with zero attached hydrogens (tertiary/aromatic N) is 3. The van der Waals surface area contributed by atoms with Gasteiger partial charge in [0.15, 0.2) is 17.5 Å². The second-order valence-corrected chi connectivity index (χ2v) is 20.6. The topological polar surface area (TPSA) is 38.7 Å². The molecule has 3 nitrogen and oxygen atoms in total. The summed E-state index contributed by atoms with van der Waals surface area (Å²) in [4.78, 5) is 15.6. The Hall–Kier alpha value is -7.01. The van der Waals surface area contributed by atoms with Gasteiger partial charge in [-0.15, -0.1) is 11.3 Å². The lowest BCUT2D eigenvalue weighted by Gasteiger charge is -2.65. The summed E-state index contributed by atoms with van der Waals surface area (Å²) in [5, 5.41) is 2.55. The Balaban J connectivity index is 0.966. The third-order valence-electron chi connectivity index (χ3n) is 16.2. The van der Waals surface area contributed by atoms with E-state index >= 15 is 0 Å². The molecule has 0 aliphatic heterocycles. The van der Waals surface area contributed by atoms with Crippen molar-refractivity contribution < 1.29 is 0 Å². The Kier molecular flexibility index (Phi) is 8.56. The highest BCUT2D eigenvalue weighted by Crippen LogP contribution is 2.70. The highest BCUT2D eigenvalue weighted by Gasteiger charge is 2.63. The van der Waals surface area contributed by atoms with Crippen LogP contribution in [0.15, 0.2) is 200 Å². The van der Waals surface area contributed by atoms with Gasteiger partial charge in [-0.25, -0.2) is 15.0 Å². The van der Waals surface area contributed by atoms with Crippen LogP contribution >= 0.6 is 11.3 Å². The molecule has 10 aromatic rings. The van der Waals surface area contributed by atoms with E-state index in [1.807, 2.05) is 17.4 Å². The van der Waals surface area contributed by atoms with E-state index in [-0.39, 0.29) is 5.41 Å². The summed E-state index contributed by atoms with van der Waals surface area (Å²) in [6, 6.07) is 74.5. The van der Waals surface area contributed by atoms with Crippen LogP contribution in [0.1, 0.15) is 65.5 Å². The lowest BCUT2D eigenvalue weighted by atomic mass is 9.38. The standard InChI is InChI=1S/C62H47N3S/c1-4-15-41(16-5-1)58-63-59(65-60(64-58)45-27-29-51-50-23-10-13-26-56(50)66-57(51)38-45)44-18-14-17-42(36-44)43-28-30-54-55(37-43)62(48-32-39-31-40(34-48)35-49(62)33-39)53-25-12-11-24-52(53)61(54,46-19-6-2-7-20-46)47-21-8-3-9-22-47/h1-30,36-40,48-49H,31-35H2. The van der Waals surface area contributed by atoms with Crippen molar-refractivity contribution >= 4 is 31.5 Å². The van der Waals surface area contributed by atoms with Crippen LogP contribution < -0.4 is 0 Å². The summed E-state index contributed by atoms with van der Waals surface area (Å²) in [5.41, 5.74) is 13.5. The summed E-state index contributed by atoms with van der Waals surface area (Å²) in [6.45, 7) is 0. The molecule has 316 valence electrons. The van der Waals surface area contributed by atoms with Gasteiger partial charge in [-0.3, -0.25) is 0 Å². The number of rotatable bonds is 6. The van der Waals surface area contributed by atoms with E-state index in [4.69, 9.17) is 15.0 Å². The number of fused-ring (bicyclic) bond motifs is 5. The molecule has 0 unspecified atom stereocenters. The van der Waals surface area contributed by atoms with Gasteiger partial charge in [-0.2, -0.15) is 0 Å². The summed E-state index contributed by atoms with van der Waals surface area (Å²) in [5.74, 6) is 4.96. The van der Waals surface area contributed by atoms with E-state index in [1.165, 1.54) is 91.2 Å². The summed E-state index contributed by atoms with van der Waals surface area (Å²) < 4.78 is 2.52. The Morgan fingerprint density at radius 3 is 1.55 bits per heavy atom. The van der Waals surface area contributed by atoms with Gasteiger partial charge in [0.2, 0.25) is 0 Å². The average molecular weight is 866 g/mol. The normalized spacial score (nSPS) is 22.1. The Labute approximate surface area is 389 Å². The van der Waals surface area contributed by atoms with E-state index in [0.717, 1.165) is 28.5 Å². The van der Waals surface area contributed by atoms with Gasteiger partial charge in [-0.05, 0) is 125 Å². The number of thiophene rings is 1. The van der Waals surface area contributed by atoms with Crippen molar-refractivity contribution in [1.82, 2.24) is 15.0 Å². The van der Waals surface area contributed by atoms with Crippen molar-refractivity contribution in [3.05, 3.63) is 234 Å². The van der Waals surface area contributed by atoms with Crippen molar-refractivity contribution in [2.45, 2.75) is 42.9 Å². The van der Waals surface area contributed by atoms with Gasteiger partial charge in [0.05, 0.1) is 5.41 Å². The molecule has 0 saturated heterocycles. The second kappa shape index (κ2) is 14.8. The van der Waals surface area contributed by atoms with Gasteiger partial charge in [0.25, 0.3) is 0 Å². The van der Waals surface area contributed by atoms with Crippen molar-refractivity contribution in [3.63, 3.8) is 0 Å². The molecule has 0 amide bonds. The molecule has 8 aromatic carbocycles. The van der Waals surface area contributed by atoms with Gasteiger partial charge >= 0.3 is 0 Å². The lowest BCUT2D eigenvalue weighted by molar-refractivity contribution is -0.0440. The zero-order chi connectivity index (χ0) is 43.4. The first kappa shape index (κ1) is 38.3. The van der Waals surface area contributed by atoms with Gasteiger partial charge < -0.3 is 0 Å². The predicted octanol–water partition coefficient (Wildman–Crippen LogP) is 15.3. The molecule has 5 aliphatic carbocycles. The number of hydrogen-bond acceptors (Lipinski definition) is 4. The van der Waals surface area contributed by atoms with Crippen molar-refractivity contribution in [2.24, 2.45) is 23.7 Å². The Morgan fingerprint density at radius 2 is 0.848 bits per heavy atom. The maximum atomic E-state index is 5.28. The van der Waals surface area contributed by atoms with Crippen LogP contribution in [-0.4, -0.2) is 15.0 Å². The molecule has 5 aliphatic rings. The second-order valence-electron chi connectivity index (χ2n) is 19.5. The minimum atomic E-state index is -0.470. The Bertz CT molecular complexity index is 3430. The van der Waals surface area contributed by atoms with E-state index in [2.05, 4.69) is 194 Å². The van der Waals surface area contributed by atoms with E-state index in [0.29, 0.717) is 29.3 Å². The van der Waals surface area contributed by atoms with Crippen LogP contribution in [0, 0.1) is 23.7 Å². The molecule has 4 heteroatoms. The van der Waals surface area contributed by atoms with Crippen LogP contribution in [0.5, 0.6) is 0 Å². The predicted molar refractivity (Wildman–Crippen MR) is 271 cm³/mol. The molecule has 66 heavy (non-hydrogen) atoms. The third kappa shape index (κ3) is 5.58. The highest BCUT2D eigenvalue weighted by atomic mass is 32.1. The number of hydrogen-bond donors (Lipinski definition) is 0. The van der Waals surface area contributed by atoms with E-state index < -0.39 is 5.41 Å². The molecule has 15 rings (SSSR count). The molecule has 0 N–H and O–H groups in total. The monoisotopic (exact) mass is 865 g/mol. The lowest BCUT2D eigenvalue weighted by Crippen LogP contribution is -2.59. The number of aromatic nitrogens is 3. The SMILES string of the molecule is c1ccc(-c2nc(-c3cccc(-c4ccc5c(c4)C4(c6ccccc6C5(c5ccccc5)c5ccccc5)C5CC6CC(C5)CC4C6)c3)nc(-c3ccc4c(c3)sc3ccccc34)n2)cc1. The van der Waals surface area contributed by atoms with Crippen molar-refractivity contribution in [1.29, 1.82) is 0 Å². The van der Waals surface area contributed by atoms with Gasteiger partial charge in [-0.1, -0.05) is 176 Å². The molecular formula is C62H47N3S.